The Balaban J connectivity index is 1.97. The fraction of sp³-hybridized carbons (Fsp3) is 0.900. The molecule has 1 aliphatic heterocycles. The van der Waals surface area contributed by atoms with Gasteiger partial charge < -0.3 is 10.1 Å². The van der Waals surface area contributed by atoms with Gasteiger partial charge in [-0.2, -0.15) is 0 Å². The van der Waals surface area contributed by atoms with Gasteiger partial charge >= 0.3 is 0 Å². The summed E-state index contributed by atoms with van der Waals surface area (Å²) in [5.41, 5.74) is 0. The number of aliphatic imine (C=N–C) groups is 1. The number of hydrogen-bond donors (Lipinski definition) is 1. The molecule has 0 aromatic rings. The molecule has 1 heterocycles. The maximum absolute atomic E-state index is 5.37. The third-order valence-corrected chi connectivity index (χ3v) is 3.08. The normalized spacial score (nSPS) is 24.1. The molecule has 0 saturated carbocycles. The SMILES string of the molecule is CCCOCCCN=C1NC(C)CS1. The largest absolute Gasteiger partial charge is 0.381 e. The first-order valence-corrected chi connectivity index (χ1v) is 6.33. The molecule has 0 aromatic heterocycles. The molecule has 3 nitrogen and oxygen atoms in total. The minimum Gasteiger partial charge on any atom is -0.381 e. The molecule has 4 heteroatoms. The van der Waals surface area contributed by atoms with E-state index in [-0.39, 0.29) is 0 Å². The minimum atomic E-state index is 0.579. The second-order valence-electron chi connectivity index (χ2n) is 3.51. The van der Waals surface area contributed by atoms with Gasteiger partial charge in [0.05, 0.1) is 0 Å². The highest BCUT2D eigenvalue weighted by Gasteiger charge is 2.14. The van der Waals surface area contributed by atoms with Crippen LogP contribution in [-0.4, -0.2) is 36.7 Å². The zero-order valence-electron chi connectivity index (χ0n) is 9.08. The van der Waals surface area contributed by atoms with Crippen molar-refractivity contribution in [2.24, 2.45) is 4.99 Å². The van der Waals surface area contributed by atoms with Crippen LogP contribution in [0, 0.1) is 0 Å². The van der Waals surface area contributed by atoms with E-state index in [1.54, 1.807) is 0 Å². The van der Waals surface area contributed by atoms with Gasteiger partial charge in [-0.15, -0.1) is 0 Å². The number of amidine groups is 1. The van der Waals surface area contributed by atoms with Crippen molar-refractivity contribution in [2.75, 3.05) is 25.5 Å². The van der Waals surface area contributed by atoms with Crippen LogP contribution in [0.4, 0.5) is 0 Å². The number of thioether (sulfide) groups is 1. The first-order valence-electron chi connectivity index (χ1n) is 5.34. The summed E-state index contributed by atoms with van der Waals surface area (Å²) < 4.78 is 5.37. The molecular formula is C10H20N2OS. The summed E-state index contributed by atoms with van der Waals surface area (Å²) in [5, 5.41) is 4.43. The van der Waals surface area contributed by atoms with E-state index in [9.17, 15) is 0 Å². The van der Waals surface area contributed by atoms with Crippen LogP contribution in [0.2, 0.25) is 0 Å². The Hall–Kier alpha value is -0.220. The zero-order valence-corrected chi connectivity index (χ0v) is 9.90. The molecule has 1 aliphatic rings. The zero-order chi connectivity index (χ0) is 10.2. The summed E-state index contributed by atoms with van der Waals surface area (Å²) in [7, 11) is 0. The lowest BCUT2D eigenvalue weighted by molar-refractivity contribution is 0.134. The molecule has 0 aliphatic carbocycles. The summed E-state index contributed by atoms with van der Waals surface area (Å²) in [5.74, 6) is 1.14. The van der Waals surface area contributed by atoms with Crippen molar-refractivity contribution in [1.29, 1.82) is 0 Å². The molecule has 1 unspecified atom stereocenters. The van der Waals surface area contributed by atoms with E-state index in [1.165, 1.54) is 0 Å². The molecule has 0 amide bonds. The predicted octanol–water partition coefficient (Wildman–Crippen LogP) is 1.88. The van der Waals surface area contributed by atoms with Gasteiger partial charge in [0.2, 0.25) is 0 Å². The second-order valence-corrected chi connectivity index (χ2v) is 4.52. The quantitative estimate of drug-likeness (QED) is 0.688. The first-order chi connectivity index (χ1) is 6.83. The maximum atomic E-state index is 5.37. The highest BCUT2D eigenvalue weighted by molar-refractivity contribution is 8.14. The number of rotatable bonds is 6. The Morgan fingerprint density at radius 2 is 2.43 bits per heavy atom. The summed E-state index contributed by atoms with van der Waals surface area (Å²) in [6.07, 6.45) is 2.13. The molecular weight excluding hydrogens is 196 g/mol. The van der Waals surface area contributed by atoms with Crippen LogP contribution in [0.15, 0.2) is 4.99 Å². The van der Waals surface area contributed by atoms with Crippen molar-refractivity contribution in [3.63, 3.8) is 0 Å². The van der Waals surface area contributed by atoms with E-state index in [0.29, 0.717) is 6.04 Å². The van der Waals surface area contributed by atoms with E-state index in [2.05, 4.69) is 24.2 Å². The van der Waals surface area contributed by atoms with Crippen LogP contribution >= 0.6 is 11.8 Å². The predicted molar refractivity (Wildman–Crippen MR) is 63.1 cm³/mol. The molecule has 1 saturated heterocycles. The Labute approximate surface area is 90.7 Å². The van der Waals surface area contributed by atoms with Crippen molar-refractivity contribution in [1.82, 2.24) is 5.32 Å². The van der Waals surface area contributed by atoms with Gasteiger partial charge in [0, 0.05) is 31.6 Å². The lowest BCUT2D eigenvalue weighted by Gasteiger charge is -2.02. The van der Waals surface area contributed by atoms with Crippen LogP contribution in [0.5, 0.6) is 0 Å². The van der Waals surface area contributed by atoms with Crippen LogP contribution in [0.1, 0.15) is 26.7 Å². The van der Waals surface area contributed by atoms with Crippen LogP contribution in [0.25, 0.3) is 0 Å². The van der Waals surface area contributed by atoms with Gasteiger partial charge in [-0.05, 0) is 19.8 Å². The Kier molecular flexibility index (Phi) is 6.03. The van der Waals surface area contributed by atoms with Crippen molar-refractivity contribution < 1.29 is 4.74 Å². The molecule has 82 valence electrons. The van der Waals surface area contributed by atoms with Gasteiger partial charge in [-0.1, -0.05) is 18.7 Å². The minimum absolute atomic E-state index is 0.579. The molecule has 0 bridgehead atoms. The van der Waals surface area contributed by atoms with Gasteiger partial charge in [0.1, 0.15) is 0 Å². The van der Waals surface area contributed by atoms with Gasteiger partial charge in [-0.3, -0.25) is 4.99 Å². The second kappa shape index (κ2) is 7.12. The van der Waals surface area contributed by atoms with E-state index < -0.39 is 0 Å². The summed E-state index contributed by atoms with van der Waals surface area (Å²) in [6.45, 7) is 6.90. The third kappa shape index (κ3) is 4.86. The molecule has 0 radical (unpaired) electrons. The number of ether oxygens (including phenoxy) is 1. The summed E-state index contributed by atoms with van der Waals surface area (Å²) in [6, 6.07) is 0.579. The Morgan fingerprint density at radius 3 is 3.07 bits per heavy atom. The molecule has 1 atom stereocenters. The molecule has 1 N–H and O–H groups in total. The van der Waals surface area contributed by atoms with Gasteiger partial charge in [0.15, 0.2) is 5.17 Å². The molecule has 1 fully saturated rings. The van der Waals surface area contributed by atoms with Crippen molar-refractivity contribution in [2.45, 2.75) is 32.7 Å². The first kappa shape index (κ1) is 11.9. The lowest BCUT2D eigenvalue weighted by Crippen LogP contribution is -2.23. The highest BCUT2D eigenvalue weighted by Crippen LogP contribution is 2.12. The Bertz CT molecular complexity index is 185. The molecule has 14 heavy (non-hydrogen) atoms. The average Bonchev–Trinajstić information content (AvgIpc) is 2.58. The Morgan fingerprint density at radius 1 is 1.57 bits per heavy atom. The van der Waals surface area contributed by atoms with Crippen molar-refractivity contribution in [3.8, 4) is 0 Å². The molecule has 0 spiro atoms. The lowest BCUT2D eigenvalue weighted by atomic mass is 10.4. The number of nitrogens with one attached hydrogen (secondary N) is 1. The van der Waals surface area contributed by atoms with Crippen LogP contribution in [-0.2, 0) is 4.74 Å². The average molecular weight is 216 g/mol. The standard InChI is InChI=1S/C10H20N2OS/c1-3-6-13-7-4-5-11-10-12-9(2)8-14-10/h9H,3-8H2,1-2H3,(H,11,12). The summed E-state index contributed by atoms with van der Waals surface area (Å²) >= 11 is 1.82. The highest BCUT2D eigenvalue weighted by atomic mass is 32.2. The van der Waals surface area contributed by atoms with E-state index in [0.717, 1.165) is 43.5 Å². The van der Waals surface area contributed by atoms with E-state index >= 15 is 0 Å². The fourth-order valence-electron chi connectivity index (χ4n) is 1.18. The van der Waals surface area contributed by atoms with Crippen molar-refractivity contribution >= 4 is 16.9 Å². The third-order valence-electron chi connectivity index (χ3n) is 1.89. The van der Waals surface area contributed by atoms with Crippen LogP contribution < -0.4 is 5.32 Å². The van der Waals surface area contributed by atoms with E-state index in [4.69, 9.17) is 4.74 Å². The topological polar surface area (TPSA) is 33.6 Å². The smallest absolute Gasteiger partial charge is 0.156 e. The van der Waals surface area contributed by atoms with Crippen LogP contribution in [0.3, 0.4) is 0 Å². The van der Waals surface area contributed by atoms with Gasteiger partial charge in [-0.25, -0.2) is 0 Å². The van der Waals surface area contributed by atoms with Crippen molar-refractivity contribution in [3.05, 3.63) is 0 Å². The summed E-state index contributed by atoms with van der Waals surface area (Å²) in [4.78, 5) is 4.46. The molecule has 0 aromatic carbocycles. The maximum Gasteiger partial charge on any atom is 0.156 e. The monoisotopic (exact) mass is 216 g/mol. The van der Waals surface area contributed by atoms with E-state index in [1.807, 2.05) is 11.8 Å². The number of nitrogens with zero attached hydrogens (tertiary/aromatic N) is 1. The number of hydrogen-bond acceptors (Lipinski definition) is 3. The van der Waals surface area contributed by atoms with Gasteiger partial charge in [0.25, 0.3) is 0 Å². The molecule has 1 rings (SSSR count). The fourth-order valence-corrected chi connectivity index (χ4v) is 2.14.